The van der Waals surface area contributed by atoms with E-state index in [1.807, 2.05) is 43.3 Å². The number of amides is 1. The van der Waals surface area contributed by atoms with Crippen LogP contribution in [0.4, 0.5) is 15.8 Å². The fraction of sp³-hybridized carbons (Fsp3) is 0.174. The third kappa shape index (κ3) is 5.57. The van der Waals surface area contributed by atoms with Crippen LogP contribution in [-0.4, -0.2) is 35.0 Å². The average molecular weight is 476 g/mol. The summed E-state index contributed by atoms with van der Waals surface area (Å²) in [6.45, 7) is -0.259. The van der Waals surface area contributed by atoms with Crippen LogP contribution in [0.5, 0.6) is 0 Å². The first-order valence-corrected chi connectivity index (χ1v) is 11.6. The largest absolute Gasteiger partial charge is 0.378 e. The third-order valence-electron chi connectivity index (χ3n) is 4.75. The van der Waals surface area contributed by atoms with Crippen LogP contribution in [0.2, 0.25) is 5.02 Å². The molecule has 9 heteroatoms. The van der Waals surface area contributed by atoms with E-state index in [-0.39, 0.29) is 22.2 Å². The van der Waals surface area contributed by atoms with Crippen molar-refractivity contribution in [2.75, 3.05) is 29.8 Å². The topological polar surface area (TPSA) is 69.7 Å². The van der Waals surface area contributed by atoms with Gasteiger partial charge in [0.2, 0.25) is 5.91 Å². The van der Waals surface area contributed by atoms with E-state index in [9.17, 15) is 17.6 Å². The van der Waals surface area contributed by atoms with E-state index in [1.54, 1.807) is 18.2 Å². The van der Waals surface area contributed by atoms with Crippen molar-refractivity contribution in [1.29, 1.82) is 0 Å². The van der Waals surface area contributed by atoms with Crippen LogP contribution in [0.1, 0.15) is 5.56 Å². The Morgan fingerprint density at radius 1 is 0.969 bits per heavy atom. The van der Waals surface area contributed by atoms with Crippen molar-refractivity contribution in [3.05, 3.63) is 89.2 Å². The van der Waals surface area contributed by atoms with Crippen molar-refractivity contribution >= 4 is 38.9 Å². The molecule has 0 aliphatic rings. The molecule has 0 heterocycles. The van der Waals surface area contributed by atoms with Gasteiger partial charge in [-0.15, -0.1) is 0 Å². The van der Waals surface area contributed by atoms with Crippen LogP contribution in [-0.2, 0) is 21.4 Å². The molecule has 32 heavy (non-hydrogen) atoms. The SMILES string of the molecule is CN(C)c1ccc(CNC(=O)CN(c2ccc(F)c(Cl)c2)S(=O)(=O)c2ccccc2)cc1. The number of anilines is 2. The number of hydrogen-bond acceptors (Lipinski definition) is 4. The molecule has 0 unspecified atom stereocenters. The molecule has 0 saturated heterocycles. The fourth-order valence-corrected chi connectivity index (χ4v) is 4.58. The van der Waals surface area contributed by atoms with Crippen molar-refractivity contribution in [3.8, 4) is 0 Å². The van der Waals surface area contributed by atoms with Gasteiger partial charge in [0, 0.05) is 26.3 Å². The molecule has 0 aromatic heterocycles. The Morgan fingerprint density at radius 2 is 1.59 bits per heavy atom. The first kappa shape index (κ1) is 23.6. The Balaban J connectivity index is 1.82. The maximum Gasteiger partial charge on any atom is 0.264 e. The third-order valence-corrected chi connectivity index (χ3v) is 6.83. The molecule has 3 aromatic carbocycles. The Kier molecular flexibility index (Phi) is 7.37. The summed E-state index contributed by atoms with van der Waals surface area (Å²) in [6, 6.07) is 18.8. The molecule has 1 amide bonds. The highest BCUT2D eigenvalue weighted by molar-refractivity contribution is 7.92. The minimum Gasteiger partial charge on any atom is -0.378 e. The van der Waals surface area contributed by atoms with Crippen LogP contribution < -0.4 is 14.5 Å². The maximum atomic E-state index is 13.6. The Morgan fingerprint density at radius 3 is 2.19 bits per heavy atom. The molecule has 0 atom stereocenters. The second-order valence-corrected chi connectivity index (χ2v) is 9.53. The van der Waals surface area contributed by atoms with Crippen LogP contribution in [0.3, 0.4) is 0 Å². The quantitative estimate of drug-likeness (QED) is 0.533. The van der Waals surface area contributed by atoms with Gasteiger partial charge < -0.3 is 10.2 Å². The predicted molar refractivity (Wildman–Crippen MR) is 125 cm³/mol. The molecular weight excluding hydrogens is 453 g/mol. The lowest BCUT2D eigenvalue weighted by atomic mass is 10.2. The minimum atomic E-state index is -4.09. The van der Waals surface area contributed by atoms with Crippen molar-refractivity contribution in [2.45, 2.75) is 11.4 Å². The monoisotopic (exact) mass is 475 g/mol. The number of nitrogens with one attached hydrogen (secondary N) is 1. The van der Waals surface area contributed by atoms with Crippen LogP contribution in [0.25, 0.3) is 0 Å². The van der Waals surface area contributed by atoms with E-state index in [0.717, 1.165) is 21.6 Å². The first-order chi connectivity index (χ1) is 15.2. The van der Waals surface area contributed by atoms with Gasteiger partial charge in [-0.2, -0.15) is 0 Å². The standard InChI is InChI=1S/C23H23ClFN3O3S/c1-27(2)18-10-8-17(9-11-18)15-26-23(29)16-28(19-12-13-22(25)21(24)14-19)32(30,31)20-6-4-3-5-7-20/h3-14H,15-16H2,1-2H3,(H,26,29). The zero-order chi connectivity index (χ0) is 23.3. The van der Waals surface area contributed by atoms with E-state index in [0.29, 0.717) is 0 Å². The van der Waals surface area contributed by atoms with Crippen LogP contribution >= 0.6 is 11.6 Å². The number of benzene rings is 3. The first-order valence-electron chi connectivity index (χ1n) is 9.74. The van der Waals surface area contributed by atoms with Gasteiger partial charge >= 0.3 is 0 Å². The van der Waals surface area contributed by atoms with Crippen molar-refractivity contribution in [1.82, 2.24) is 5.32 Å². The average Bonchev–Trinajstić information content (AvgIpc) is 2.78. The second-order valence-electron chi connectivity index (χ2n) is 7.26. The summed E-state index contributed by atoms with van der Waals surface area (Å²) < 4.78 is 41.1. The summed E-state index contributed by atoms with van der Waals surface area (Å²) in [6.07, 6.45) is 0. The molecule has 3 rings (SSSR count). The Labute approximate surface area is 192 Å². The molecule has 168 valence electrons. The highest BCUT2D eigenvalue weighted by atomic mass is 35.5. The van der Waals surface area contributed by atoms with Gasteiger partial charge in [0.05, 0.1) is 15.6 Å². The molecule has 0 radical (unpaired) electrons. The van der Waals surface area contributed by atoms with Gasteiger partial charge in [0.15, 0.2) is 0 Å². The fourth-order valence-electron chi connectivity index (χ4n) is 2.97. The summed E-state index contributed by atoms with van der Waals surface area (Å²) in [5.74, 6) is -1.19. The van der Waals surface area contributed by atoms with E-state index in [4.69, 9.17) is 11.6 Å². The van der Waals surface area contributed by atoms with Crippen molar-refractivity contribution in [3.63, 3.8) is 0 Å². The second kappa shape index (κ2) is 10.0. The molecule has 0 fully saturated rings. The van der Waals surface area contributed by atoms with Crippen LogP contribution in [0.15, 0.2) is 77.7 Å². The van der Waals surface area contributed by atoms with E-state index in [1.165, 1.54) is 24.3 Å². The Hall–Kier alpha value is -3.10. The minimum absolute atomic E-state index is 0.00696. The predicted octanol–water partition coefficient (Wildman–Crippen LogP) is 4.06. The van der Waals surface area contributed by atoms with Gasteiger partial charge in [-0.1, -0.05) is 41.9 Å². The molecule has 1 N–H and O–H groups in total. The maximum absolute atomic E-state index is 13.6. The molecular formula is C23H23ClFN3O3S. The number of sulfonamides is 1. The lowest BCUT2D eigenvalue weighted by molar-refractivity contribution is -0.119. The zero-order valence-corrected chi connectivity index (χ0v) is 19.2. The molecule has 0 saturated carbocycles. The van der Waals surface area contributed by atoms with Gasteiger partial charge in [-0.25, -0.2) is 12.8 Å². The molecule has 6 nitrogen and oxygen atoms in total. The van der Waals surface area contributed by atoms with E-state index >= 15 is 0 Å². The molecule has 3 aromatic rings. The number of halogens is 2. The highest BCUT2D eigenvalue weighted by Crippen LogP contribution is 2.27. The number of carbonyl (C=O) groups excluding carboxylic acids is 1. The molecule has 0 aliphatic heterocycles. The number of nitrogens with zero attached hydrogens (tertiary/aromatic N) is 2. The van der Waals surface area contributed by atoms with Gasteiger partial charge in [-0.3, -0.25) is 9.10 Å². The number of hydrogen-bond donors (Lipinski definition) is 1. The number of rotatable bonds is 8. The summed E-state index contributed by atoms with van der Waals surface area (Å²) in [5, 5.41) is 2.49. The summed E-state index contributed by atoms with van der Waals surface area (Å²) in [7, 11) is -0.229. The summed E-state index contributed by atoms with van der Waals surface area (Å²) in [4.78, 5) is 14.6. The van der Waals surface area contributed by atoms with Gasteiger partial charge in [-0.05, 0) is 48.0 Å². The molecule has 0 aliphatic carbocycles. The van der Waals surface area contributed by atoms with E-state index < -0.39 is 28.3 Å². The van der Waals surface area contributed by atoms with E-state index in [2.05, 4.69) is 5.32 Å². The summed E-state index contributed by atoms with van der Waals surface area (Å²) >= 11 is 5.87. The molecule has 0 bridgehead atoms. The van der Waals surface area contributed by atoms with Crippen molar-refractivity contribution in [2.24, 2.45) is 0 Å². The zero-order valence-electron chi connectivity index (χ0n) is 17.6. The Bertz CT molecular complexity index is 1190. The normalized spacial score (nSPS) is 11.1. The summed E-state index contributed by atoms with van der Waals surface area (Å²) in [5.41, 5.74) is 1.98. The lowest BCUT2D eigenvalue weighted by Crippen LogP contribution is -2.40. The van der Waals surface area contributed by atoms with Crippen molar-refractivity contribution < 1.29 is 17.6 Å². The number of carbonyl (C=O) groups is 1. The molecule has 0 spiro atoms. The smallest absolute Gasteiger partial charge is 0.264 e. The van der Waals surface area contributed by atoms with Gasteiger partial charge in [0.1, 0.15) is 12.4 Å². The van der Waals surface area contributed by atoms with Crippen LogP contribution in [0, 0.1) is 5.82 Å². The lowest BCUT2D eigenvalue weighted by Gasteiger charge is -2.24. The van der Waals surface area contributed by atoms with Gasteiger partial charge in [0.25, 0.3) is 10.0 Å². The highest BCUT2D eigenvalue weighted by Gasteiger charge is 2.27.